The summed E-state index contributed by atoms with van der Waals surface area (Å²) in [4.78, 5) is 0.138. The Morgan fingerprint density at radius 2 is 2.27 bits per heavy atom. The van der Waals surface area contributed by atoms with Crippen molar-refractivity contribution in [3.05, 3.63) is 12.4 Å². The van der Waals surface area contributed by atoms with E-state index in [1.54, 1.807) is 6.92 Å². The number of sulfonamides is 1. The number of aromatic amines is 1. The average molecular weight is 232 g/mol. The summed E-state index contributed by atoms with van der Waals surface area (Å²) >= 11 is 0. The van der Waals surface area contributed by atoms with Crippen LogP contribution >= 0.6 is 0 Å². The van der Waals surface area contributed by atoms with Crippen molar-refractivity contribution in [2.75, 3.05) is 6.54 Å². The predicted octanol–water partition coefficient (Wildman–Crippen LogP) is -0.329. The first-order valence-electron chi connectivity index (χ1n) is 4.68. The van der Waals surface area contributed by atoms with Gasteiger partial charge in [-0.1, -0.05) is 6.92 Å². The second kappa shape index (κ2) is 4.73. The van der Waals surface area contributed by atoms with Crippen molar-refractivity contribution in [2.24, 2.45) is 11.7 Å². The molecule has 2 unspecified atom stereocenters. The summed E-state index contributed by atoms with van der Waals surface area (Å²) < 4.78 is 26.0. The number of hydrogen-bond donors (Lipinski definition) is 3. The number of H-pyrrole nitrogens is 1. The van der Waals surface area contributed by atoms with Gasteiger partial charge in [0.15, 0.2) is 0 Å². The Kier molecular flexibility index (Phi) is 3.83. The van der Waals surface area contributed by atoms with Gasteiger partial charge in [-0.05, 0) is 19.4 Å². The van der Waals surface area contributed by atoms with Gasteiger partial charge in [-0.25, -0.2) is 13.1 Å². The van der Waals surface area contributed by atoms with Gasteiger partial charge in [-0.2, -0.15) is 5.10 Å². The van der Waals surface area contributed by atoms with Crippen molar-refractivity contribution in [1.82, 2.24) is 14.9 Å². The Morgan fingerprint density at radius 3 is 2.73 bits per heavy atom. The number of rotatable bonds is 5. The highest BCUT2D eigenvalue weighted by Crippen LogP contribution is 2.08. The van der Waals surface area contributed by atoms with E-state index in [4.69, 9.17) is 5.73 Å². The molecule has 0 aromatic carbocycles. The molecule has 0 aliphatic heterocycles. The van der Waals surface area contributed by atoms with Gasteiger partial charge in [-0.15, -0.1) is 0 Å². The molecule has 6 nitrogen and oxygen atoms in total. The molecule has 0 aliphatic carbocycles. The molecule has 1 aromatic rings. The molecule has 4 N–H and O–H groups in total. The van der Waals surface area contributed by atoms with E-state index < -0.39 is 10.0 Å². The van der Waals surface area contributed by atoms with Crippen LogP contribution in [0.2, 0.25) is 0 Å². The quantitative estimate of drug-likeness (QED) is 0.647. The van der Waals surface area contributed by atoms with E-state index in [-0.39, 0.29) is 16.9 Å². The fourth-order valence-corrected chi connectivity index (χ4v) is 2.28. The third kappa shape index (κ3) is 3.01. The van der Waals surface area contributed by atoms with Crippen molar-refractivity contribution in [3.63, 3.8) is 0 Å². The molecule has 0 fully saturated rings. The molecular formula is C8H16N4O2S. The number of aromatic nitrogens is 2. The minimum atomic E-state index is -3.47. The average Bonchev–Trinajstić information content (AvgIpc) is 2.69. The van der Waals surface area contributed by atoms with Crippen LogP contribution in [0.5, 0.6) is 0 Å². The lowest BCUT2D eigenvalue weighted by Gasteiger charge is -2.18. The van der Waals surface area contributed by atoms with Crippen LogP contribution < -0.4 is 10.5 Å². The van der Waals surface area contributed by atoms with Crippen molar-refractivity contribution in [1.29, 1.82) is 0 Å². The van der Waals surface area contributed by atoms with Crippen LogP contribution in [0.15, 0.2) is 17.3 Å². The zero-order valence-electron chi connectivity index (χ0n) is 8.77. The second-order valence-corrected chi connectivity index (χ2v) is 5.27. The van der Waals surface area contributed by atoms with Crippen molar-refractivity contribution in [2.45, 2.75) is 24.8 Å². The van der Waals surface area contributed by atoms with E-state index in [1.807, 2.05) is 6.92 Å². The van der Waals surface area contributed by atoms with Gasteiger partial charge in [0.25, 0.3) is 0 Å². The lowest BCUT2D eigenvalue weighted by Crippen LogP contribution is -2.39. The highest BCUT2D eigenvalue weighted by Gasteiger charge is 2.20. The summed E-state index contributed by atoms with van der Waals surface area (Å²) in [5, 5.41) is 6.05. The molecule has 1 aromatic heterocycles. The number of nitrogens with zero attached hydrogens (tertiary/aromatic N) is 1. The van der Waals surface area contributed by atoms with Crippen LogP contribution in [0.4, 0.5) is 0 Å². The third-order valence-corrected chi connectivity index (χ3v) is 3.88. The zero-order chi connectivity index (χ0) is 11.5. The smallest absolute Gasteiger partial charge is 0.243 e. The third-order valence-electron chi connectivity index (χ3n) is 2.35. The molecule has 0 bridgehead atoms. The second-order valence-electron chi connectivity index (χ2n) is 3.56. The van der Waals surface area contributed by atoms with Gasteiger partial charge in [0, 0.05) is 12.2 Å². The van der Waals surface area contributed by atoms with E-state index in [9.17, 15) is 8.42 Å². The van der Waals surface area contributed by atoms with E-state index in [0.29, 0.717) is 6.54 Å². The van der Waals surface area contributed by atoms with E-state index >= 15 is 0 Å². The summed E-state index contributed by atoms with van der Waals surface area (Å²) in [7, 11) is -3.47. The van der Waals surface area contributed by atoms with Crippen LogP contribution in [0, 0.1) is 5.92 Å². The SMILES string of the molecule is CC(CN)C(C)NS(=O)(=O)c1cn[nH]c1. The van der Waals surface area contributed by atoms with Gasteiger partial charge in [-0.3, -0.25) is 5.10 Å². The highest BCUT2D eigenvalue weighted by atomic mass is 32.2. The minimum absolute atomic E-state index is 0.0895. The molecule has 0 amide bonds. The summed E-state index contributed by atoms with van der Waals surface area (Å²) in [5.41, 5.74) is 5.46. The predicted molar refractivity (Wildman–Crippen MR) is 56.6 cm³/mol. The normalized spacial score (nSPS) is 16.2. The lowest BCUT2D eigenvalue weighted by atomic mass is 10.1. The van der Waals surface area contributed by atoms with Crippen LogP contribution in [0.3, 0.4) is 0 Å². The van der Waals surface area contributed by atoms with Crippen molar-refractivity contribution in [3.8, 4) is 0 Å². The van der Waals surface area contributed by atoms with Gasteiger partial charge >= 0.3 is 0 Å². The molecule has 7 heteroatoms. The molecule has 86 valence electrons. The molecule has 2 atom stereocenters. The Balaban J connectivity index is 2.74. The van der Waals surface area contributed by atoms with Crippen LogP contribution in [0.25, 0.3) is 0 Å². The monoisotopic (exact) mass is 232 g/mol. The topological polar surface area (TPSA) is 101 Å². The fourth-order valence-electron chi connectivity index (χ4n) is 1.02. The summed E-state index contributed by atoms with van der Waals surface area (Å²) in [6, 6.07) is -0.199. The van der Waals surface area contributed by atoms with Crippen LogP contribution in [0.1, 0.15) is 13.8 Å². The Hall–Kier alpha value is -0.920. The van der Waals surface area contributed by atoms with Crippen molar-refractivity contribution < 1.29 is 8.42 Å². The first-order valence-corrected chi connectivity index (χ1v) is 6.17. The molecule has 0 saturated carbocycles. The zero-order valence-corrected chi connectivity index (χ0v) is 9.58. The van der Waals surface area contributed by atoms with E-state index in [2.05, 4.69) is 14.9 Å². The number of nitrogens with one attached hydrogen (secondary N) is 2. The minimum Gasteiger partial charge on any atom is -0.330 e. The van der Waals surface area contributed by atoms with Gasteiger partial charge < -0.3 is 5.73 Å². The highest BCUT2D eigenvalue weighted by molar-refractivity contribution is 7.89. The van der Waals surface area contributed by atoms with Gasteiger partial charge in [0.1, 0.15) is 4.90 Å². The summed E-state index contributed by atoms with van der Waals surface area (Å²) in [5.74, 6) is 0.0895. The number of nitrogens with two attached hydrogens (primary N) is 1. The van der Waals surface area contributed by atoms with E-state index in [0.717, 1.165) is 0 Å². The number of hydrogen-bond acceptors (Lipinski definition) is 4. The maximum atomic E-state index is 11.7. The molecule has 1 rings (SSSR count). The molecule has 0 spiro atoms. The summed E-state index contributed by atoms with van der Waals surface area (Å²) in [6.07, 6.45) is 2.60. The standard InChI is InChI=1S/C8H16N4O2S/c1-6(3-9)7(2)12-15(13,14)8-4-10-11-5-8/h4-7,12H,3,9H2,1-2H3,(H,10,11). The molecular weight excluding hydrogens is 216 g/mol. The molecule has 0 radical (unpaired) electrons. The molecule has 0 aliphatic rings. The maximum absolute atomic E-state index is 11.7. The Bertz CT molecular complexity index is 387. The fraction of sp³-hybridized carbons (Fsp3) is 0.625. The molecule has 0 saturated heterocycles. The van der Waals surface area contributed by atoms with Gasteiger partial charge in [0.05, 0.1) is 6.20 Å². The Morgan fingerprint density at radius 1 is 1.60 bits per heavy atom. The van der Waals surface area contributed by atoms with Crippen LogP contribution in [-0.2, 0) is 10.0 Å². The molecule has 1 heterocycles. The summed E-state index contributed by atoms with van der Waals surface area (Å²) in [6.45, 7) is 4.12. The van der Waals surface area contributed by atoms with Gasteiger partial charge in [0.2, 0.25) is 10.0 Å². The lowest BCUT2D eigenvalue weighted by molar-refractivity contribution is 0.453. The first kappa shape index (κ1) is 12.2. The first-order chi connectivity index (χ1) is 6.97. The Labute approximate surface area is 89.3 Å². The van der Waals surface area contributed by atoms with Crippen molar-refractivity contribution >= 4 is 10.0 Å². The van der Waals surface area contributed by atoms with Crippen LogP contribution in [-0.4, -0.2) is 31.2 Å². The molecule has 15 heavy (non-hydrogen) atoms. The largest absolute Gasteiger partial charge is 0.330 e. The van der Waals surface area contributed by atoms with E-state index in [1.165, 1.54) is 12.4 Å². The maximum Gasteiger partial charge on any atom is 0.243 e.